The van der Waals surface area contributed by atoms with Crippen LogP contribution in [0.5, 0.6) is 5.88 Å². The smallest absolute Gasteiger partial charge is 0.224 e. The van der Waals surface area contributed by atoms with Crippen LogP contribution in [0.25, 0.3) is 22.3 Å². The van der Waals surface area contributed by atoms with E-state index in [1.807, 2.05) is 30.3 Å². The number of hydrogen-bond donors (Lipinski definition) is 0. The van der Waals surface area contributed by atoms with Gasteiger partial charge in [0.15, 0.2) is 5.82 Å². The quantitative estimate of drug-likeness (QED) is 0.717. The maximum absolute atomic E-state index is 5.80. The van der Waals surface area contributed by atoms with E-state index < -0.39 is 0 Å². The SMILES string of the molecule is COc1nc2ccccc2cc1-c1ncc(Cl)cn1. The summed E-state index contributed by atoms with van der Waals surface area (Å²) >= 11 is 5.80. The van der Waals surface area contributed by atoms with E-state index in [1.165, 1.54) is 0 Å². The van der Waals surface area contributed by atoms with E-state index in [4.69, 9.17) is 16.3 Å². The molecule has 3 aromatic rings. The van der Waals surface area contributed by atoms with Crippen molar-refractivity contribution in [1.82, 2.24) is 15.0 Å². The molecule has 0 amide bonds. The standard InChI is InChI=1S/C14H10ClN3O/c1-19-14-11(13-16-7-10(15)8-17-13)6-9-4-2-3-5-12(9)18-14/h2-8H,1H3. The third-order valence-corrected chi connectivity index (χ3v) is 2.94. The molecule has 0 bridgehead atoms. The first kappa shape index (κ1) is 11.9. The molecule has 0 aliphatic rings. The van der Waals surface area contributed by atoms with Crippen LogP contribution in [-0.2, 0) is 0 Å². The van der Waals surface area contributed by atoms with Gasteiger partial charge in [-0.25, -0.2) is 15.0 Å². The molecule has 0 aliphatic carbocycles. The number of para-hydroxylation sites is 1. The van der Waals surface area contributed by atoms with Crippen molar-refractivity contribution in [3.05, 3.63) is 47.7 Å². The Morgan fingerprint density at radius 3 is 2.58 bits per heavy atom. The molecule has 4 nitrogen and oxygen atoms in total. The highest BCUT2D eigenvalue weighted by atomic mass is 35.5. The zero-order valence-electron chi connectivity index (χ0n) is 10.2. The van der Waals surface area contributed by atoms with Gasteiger partial charge in [0.25, 0.3) is 0 Å². The highest BCUT2D eigenvalue weighted by Crippen LogP contribution is 2.29. The molecule has 2 heterocycles. The van der Waals surface area contributed by atoms with Crippen molar-refractivity contribution in [3.8, 4) is 17.3 Å². The first-order valence-corrected chi connectivity index (χ1v) is 6.07. The summed E-state index contributed by atoms with van der Waals surface area (Å²) in [5.74, 6) is 1.04. The Kier molecular flexibility index (Phi) is 3.01. The largest absolute Gasteiger partial charge is 0.480 e. The molecule has 94 valence electrons. The lowest BCUT2D eigenvalue weighted by molar-refractivity contribution is 0.401. The van der Waals surface area contributed by atoms with Gasteiger partial charge in [-0.1, -0.05) is 29.8 Å². The minimum Gasteiger partial charge on any atom is -0.480 e. The van der Waals surface area contributed by atoms with E-state index in [9.17, 15) is 0 Å². The zero-order valence-corrected chi connectivity index (χ0v) is 10.9. The van der Waals surface area contributed by atoms with Crippen LogP contribution in [0.3, 0.4) is 0 Å². The summed E-state index contributed by atoms with van der Waals surface area (Å²) in [6.45, 7) is 0. The fourth-order valence-electron chi connectivity index (χ4n) is 1.87. The number of ether oxygens (including phenoxy) is 1. The third kappa shape index (κ3) is 2.22. The van der Waals surface area contributed by atoms with Crippen LogP contribution in [0, 0.1) is 0 Å². The van der Waals surface area contributed by atoms with Crippen molar-refractivity contribution in [1.29, 1.82) is 0 Å². The Morgan fingerprint density at radius 1 is 1.11 bits per heavy atom. The van der Waals surface area contributed by atoms with Crippen LogP contribution >= 0.6 is 11.6 Å². The second kappa shape index (κ2) is 4.82. The summed E-state index contributed by atoms with van der Waals surface area (Å²) < 4.78 is 5.31. The molecule has 0 radical (unpaired) electrons. The topological polar surface area (TPSA) is 47.9 Å². The molecule has 1 aromatic carbocycles. The first-order chi connectivity index (χ1) is 9.28. The van der Waals surface area contributed by atoms with E-state index in [0.29, 0.717) is 16.7 Å². The van der Waals surface area contributed by atoms with Crippen molar-refractivity contribution in [2.24, 2.45) is 0 Å². The van der Waals surface area contributed by atoms with Gasteiger partial charge in [0, 0.05) is 17.8 Å². The Bertz CT molecular complexity index is 728. The number of hydrogen-bond acceptors (Lipinski definition) is 4. The van der Waals surface area contributed by atoms with E-state index in [2.05, 4.69) is 15.0 Å². The lowest BCUT2D eigenvalue weighted by Crippen LogP contribution is -1.96. The minimum atomic E-state index is 0.497. The fourth-order valence-corrected chi connectivity index (χ4v) is 1.96. The third-order valence-electron chi connectivity index (χ3n) is 2.74. The van der Waals surface area contributed by atoms with Crippen molar-refractivity contribution < 1.29 is 4.74 Å². The van der Waals surface area contributed by atoms with Crippen molar-refractivity contribution >= 4 is 22.5 Å². The van der Waals surface area contributed by atoms with Crippen molar-refractivity contribution in [2.75, 3.05) is 7.11 Å². The second-order valence-corrected chi connectivity index (χ2v) is 4.40. The number of rotatable bonds is 2. The van der Waals surface area contributed by atoms with Crippen molar-refractivity contribution in [2.45, 2.75) is 0 Å². The summed E-state index contributed by atoms with van der Waals surface area (Å²) in [5.41, 5.74) is 1.62. The summed E-state index contributed by atoms with van der Waals surface area (Å²) in [6.07, 6.45) is 3.11. The van der Waals surface area contributed by atoms with Gasteiger partial charge in [-0.15, -0.1) is 0 Å². The number of fused-ring (bicyclic) bond motifs is 1. The predicted octanol–water partition coefficient (Wildman–Crippen LogP) is 3.35. The van der Waals surface area contributed by atoms with Gasteiger partial charge in [-0.3, -0.25) is 0 Å². The van der Waals surface area contributed by atoms with Gasteiger partial charge in [0.1, 0.15) is 0 Å². The highest BCUT2D eigenvalue weighted by molar-refractivity contribution is 6.30. The summed E-state index contributed by atoms with van der Waals surface area (Å²) in [4.78, 5) is 12.9. The molecular formula is C14H10ClN3O. The molecular weight excluding hydrogens is 262 g/mol. The van der Waals surface area contributed by atoms with Crippen LogP contribution in [0.2, 0.25) is 5.02 Å². The number of aromatic nitrogens is 3. The normalized spacial score (nSPS) is 10.6. The van der Waals surface area contributed by atoms with Crippen LogP contribution in [0.4, 0.5) is 0 Å². The zero-order chi connectivity index (χ0) is 13.2. The summed E-state index contributed by atoms with van der Waals surface area (Å²) in [5, 5.41) is 1.51. The van der Waals surface area contributed by atoms with E-state index in [1.54, 1.807) is 19.5 Å². The molecule has 0 fully saturated rings. The van der Waals surface area contributed by atoms with Crippen LogP contribution < -0.4 is 4.74 Å². The number of pyridine rings is 1. The Labute approximate surface area is 115 Å². The molecule has 0 aliphatic heterocycles. The van der Waals surface area contributed by atoms with E-state index in [-0.39, 0.29) is 0 Å². The monoisotopic (exact) mass is 271 g/mol. The highest BCUT2D eigenvalue weighted by Gasteiger charge is 2.11. The molecule has 0 saturated carbocycles. The molecule has 0 atom stereocenters. The van der Waals surface area contributed by atoms with Crippen LogP contribution in [0.15, 0.2) is 42.7 Å². The molecule has 0 saturated heterocycles. The summed E-state index contributed by atoms with van der Waals surface area (Å²) in [6, 6.07) is 9.78. The van der Waals surface area contributed by atoms with E-state index in [0.717, 1.165) is 16.5 Å². The van der Waals surface area contributed by atoms with Crippen LogP contribution in [-0.4, -0.2) is 22.1 Å². The first-order valence-electron chi connectivity index (χ1n) is 5.69. The number of nitrogens with zero attached hydrogens (tertiary/aromatic N) is 3. The number of methoxy groups -OCH3 is 1. The molecule has 3 rings (SSSR count). The molecule has 0 unspecified atom stereocenters. The average molecular weight is 272 g/mol. The van der Waals surface area contributed by atoms with Gasteiger partial charge in [-0.2, -0.15) is 0 Å². The molecule has 0 spiro atoms. The maximum atomic E-state index is 5.80. The van der Waals surface area contributed by atoms with Gasteiger partial charge in [0.2, 0.25) is 5.88 Å². The molecule has 19 heavy (non-hydrogen) atoms. The predicted molar refractivity (Wildman–Crippen MR) is 74.3 cm³/mol. The number of benzene rings is 1. The Morgan fingerprint density at radius 2 is 1.84 bits per heavy atom. The lowest BCUT2D eigenvalue weighted by Gasteiger charge is -2.08. The lowest BCUT2D eigenvalue weighted by atomic mass is 10.1. The Hall–Kier alpha value is -2.20. The maximum Gasteiger partial charge on any atom is 0.224 e. The fraction of sp³-hybridized carbons (Fsp3) is 0.0714. The molecule has 0 N–H and O–H groups in total. The minimum absolute atomic E-state index is 0.497. The van der Waals surface area contributed by atoms with Crippen LogP contribution in [0.1, 0.15) is 0 Å². The van der Waals surface area contributed by atoms with Gasteiger partial charge in [-0.05, 0) is 12.1 Å². The molecule has 2 aromatic heterocycles. The van der Waals surface area contributed by atoms with Crippen molar-refractivity contribution in [3.63, 3.8) is 0 Å². The van der Waals surface area contributed by atoms with Gasteiger partial charge >= 0.3 is 0 Å². The van der Waals surface area contributed by atoms with Gasteiger partial charge < -0.3 is 4.74 Å². The molecule has 5 heteroatoms. The second-order valence-electron chi connectivity index (χ2n) is 3.96. The Balaban J connectivity index is 2.23. The average Bonchev–Trinajstić information content (AvgIpc) is 2.46. The summed E-state index contributed by atoms with van der Waals surface area (Å²) in [7, 11) is 1.58. The number of halogens is 1. The van der Waals surface area contributed by atoms with E-state index >= 15 is 0 Å². The van der Waals surface area contributed by atoms with Gasteiger partial charge in [0.05, 0.1) is 23.2 Å².